The number of aryl methyl sites for hydroxylation is 1. The molecule has 3 rings (SSSR count). The van der Waals surface area contributed by atoms with Crippen LogP contribution in [-0.4, -0.2) is 78.9 Å². The normalized spacial score (nSPS) is 15.1. The molecule has 3 heterocycles. The van der Waals surface area contributed by atoms with Crippen molar-refractivity contribution in [1.29, 1.82) is 0 Å². The van der Waals surface area contributed by atoms with E-state index < -0.39 is 24.7 Å². The molecule has 1 unspecified atom stereocenters. The molecule has 2 N–H and O–H groups in total. The first kappa shape index (κ1) is 30.1. The highest BCUT2D eigenvalue weighted by Gasteiger charge is 2.29. The zero-order valence-corrected chi connectivity index (χ0v) is 22.4. The van der Waals surface area contributed by atoms with Crippen LogP contribution in [0, 0.1) is 12.8 Å². The Morgan fingerprint density at radius 3 is 2.49 bits per heavy atom. The van der Waals surface area contributed by atoms with Gasteiger partial charge in [-0.25, -0.2) is 4.98 Å². The second kappa shape index (κ2) is 13.6. The highest BCUT2D eigenvalue weighted by atomic mass is 19.4. The van der Waals surface area contributed by atoms with Crippen LogP contribution in [-0.2, 0) is 9.53 Å². The summed E-state index contributed by atoms with van der Waals surface area (Å²) in [6.07, 6.45) is -4.54. The van der Waals surface area contributed by atoms with Gasteiger partial charge in [-0.15, -0.1) is 0 Å². The van der Waals surface area contributed by atoms with Gasteiger partial charge in [0.25, 0.3) is 5.91 Å². The van der Waals surface area contributed by atoms with E-state index in [9.17, 15) is 22.8 Å². The number of rotatable bonds is 11. The van der Waals surface area contributed by atoms with E-state index in [4.69, 9.17) is 14.2 Å². The van der Waals surface area contributed by atoms with Crippen molar-refractivity contribution in [2.45, 2.75) is 39.9 Å². The Bertz CT molecular complexity index is 1140. The van der Waals surface area contributed by atoms with Gasteiger partial charge in [0, 0.05) is 37.3 Å². The Morgan fingerprint density at radius 1 is 1.10 bits per heavy atom. The minimum atomic E-state index is -4.54. The summed E-state index contributed by atoms with van der Waals surface area (Å²) in [4.78, 5) is 35.8. The van der Waals surface area contributed by atoms with Crippen LogP contribution >= 0.6 is 0 Å². The quantitative estimate of drug-likeness (QED) is 0.435. The maximum absolute atomic E-state index is 13.2. The predicted molar refractivity (Wildman–Crippen MR) is 137 cm³/mol. The number of ether oxygens (including phenoxy) is 3. The number of carbonyl (C=O) groups excluding carboxylic acids is 2. The number of nitrogens with one attached hydrogen (secondary N) is 2. The lowest BCUT2D eigenvalue weighted by Gasteiger charge is -2.26. The van der Waals surface area contributed by atoms with E-state index in [2.05, 4.69) is 25.5 Å². The van der Waals surface area contributed by atoms with E-state index in [0.29, 0.717) is 36.8 Å². The molecule has 2 aromatic heterocycles. The molecule has 1 aliphatic heterocycles. The second-order valence-corrected chi connectivity index (χ2v) is 9.47. The standard InChI is InChI=1S/C26H34F3N5O5/c1-16(2)23(35)32-21-14-19(13-17(3)30-21)18(4)31-24(36)20-5-6-22(39-15-26(27,28)29)33-25(20)38-12-9-34-7-10-37-11-8-34/h5-6,13-14,16,18H,7-12,15H2,1-4H3,(H,31,36)(H,30,32,35). The number of alkyl halides is 3. The third-order valence-corrected chi connectivity index (χ3v) is 5.81. The zero-order valence-electron chi connectivity index (χ0n) is 22.4. The first-order valence-corrected chi connectivity index (χ1v) is 12.6. The van der Waals surface area contributed by atoms with Crippen LogP contribution in [0.4, 0.5) is 19.0 Å². The van der Waals surface area contributed by atoms with Gasteiger partial charge in [-0.1, -0.05) is 13.8 Å². The highest BCUT2D eigenvalue weighted by molar-refractivity contribution is 5.96. The lowest BCUT2D eigenvalue weighted by atomic mass is 10.1. The molecule has 2 amide bonds. The Balaban J connectivity index is 1.75. The van der Waals surface area contributed by atoms with Crippen LogP contribution in [0.1, 0.15) is 48.4 Å². The molecule has 0 spiro atoms. The van der Waals surface area contributed by atoms with Crippen LogP contribution in [0.25, 0.3) is 0 Å². The number of pyridine rings is 2. The monoisotopic (exact) mass is 553 g/mol. The summed E-state index contributed by atoms with van der Waals surface area (Å²) >= 11 is 0. The minimum absolute atomic E-state index is 0.0438. The Hall–Kier alpha value is -3.45. The van der Waals surface area contributed by atoms with Crippen molar-refractivity contribution in [3.63, 3.8) is 0 Å². The molecule has 1 aliphatic rings. The first-order chi connectivity index (χ1) is 18.4. The van der Waals surface area contributed by atoms with Crippen LogP contribution < -0.4 is 20.1 Å². The van der Waals surface area contributed by atoms with Gasteiger partial charge in [0.15, 0.2) is 6.61 Å². The van der Waals surface area contributed by atoms with Crippen molar-refractivity contribution in [2.75, 3.05) is 51.4 Å². The summed E-state index contributed by atoms with van der Waals surface area (Å²) in [6, 6.07) is 5.45. The van der Waals surface area contributed by atoms with Gasteiger partial charge in [0.05, 0.1) is 19.3 Å². The Kier molecular flexibility index (Phi) is 10.5. The number of nitrogens with zero attached hydrogens (tertiary/aromatic N) is 3. The maximum Gasteiger partial charge on any atom is 0.422 e. The molecule has 0 radical (unpaired) electrons. The van der Waals surface area contributed by atoms with Gasteiger partial charge < -0.3 is 24.8 Å². The summed E-state index contributed by atoms with van der Waals surface area (Å²) in [7, 11) is 0. The fourth-order valence-electron chi connectivity index (χ4n) is 3.68. The lowest BCUT2D eigenvalue weighted by Crippen LogP contribution is -2.38. The molecule has 1 saturated heterocycles. The SMILES string of the molecule is Cc1cc(C(C)NC(=O)c2ccc(OCC(F)(F)F)nc2OCCN2CCOCC2)cc(NC(=O)C(C)C)n1. The van der Waals surface area contributed by atoms with Crippen molar-refractivity contribution in [3.8, 4) is 11.8 Å². The molecule has 1 fully saturated rings. The number of halogens is 3. The van der Waals surface area contributed by atoms with Gasteiger partial charge in [-0.3, -0.25) is 14.5 Å². The number of amides is 2. The summed E-state index contributed by atoms with van der Waals surface area (Å²) in [5, 5.41) is 5.60. The summed E-state index contributed by atoms with van der Waals surface area (Å²) < 4.78 is 53.7. The Labute approximate surface area is 225 Å². The van der Waals surface area contributed by atoms with Gasteiger partial charge in [-0.2, -0.15) is 18.2 Å². The van der Waals surface area contributed by atoms with Gasteiger partial charge in [-0.05, 0) is 37.6 Å². The van der Waals surface area contributed by atoms with Gasteiger partial charge in [0.2, 0.25) is 17.7 Å². The molecule has 0 aliphatic carbocycles. The van der Waals surface area contributed by atoms with Crippen molar-refractivity contribution in [1.82, 2.24) is 20.2 Å². The number of anilines is 1. The molecule has 10 nitrogen and oxygen atoms in total. The number of hydrogen-bond acceptors (Lipinski definition) is 8. The number of morpholine rings is 1. The van der Waals surface area contributed by atoms with Gasteiger partial charge >= 0.3 is 6.18 Å². The topological polar surface area (TPSA) is 115 Å². The van der Waals surface area contributed by atoms with Crippen molar-refractivity contribution < 1.29 is 37.0 Å². The third kappa shape index (κ3) is 9.66. The second-order valence-electron chi connectivity index (χ2n) is 9.47. The molecule has 2 aromatic rings. The first-order valence-electron chi connectivity index (χ1n) is 12.6. The van der Waals surface area contributed by atoms with E-state index >= 15 is 0 Å². The van der Waals surface area contributed by atoms with E-state index in [1.807, 2.05) is 0 Å². The number of carbonyl (C=O) groups is 2. The largest absolute Gasteiger partial charge is 0.476 e. The molecule has 0 bridgehead atoms. The van der Waals surface area contributed by atoms with Crippen LogP contribution in [0.3, 0.4) is 0 Å². The van der Waals surface area contributed by atoms with E-state index in [0.717, 1.165) is 13.1 Å². The molecule has 1 atom stereocenters. The van der Waals surface area contributed by atoms with Crippen molar-refractivity contribution in [3.05, 3.63) is 41.1 Å². The average molecular weight is 554 g/mol. The van der Waals surface area contributed by atoms with Crippen molar-refractivity contribution in [2.24, 2.45) is 5.92 Å². The number of hydrogen-bond donors (Lipinski definition) is 2. The summed E-state index contributed by atoms with van der Waals surface area (Å²) in [6.45, 7) is 8.87. The fourth-order valence-corrected chi connectivity index (χ4v) is 3.68. The average Bonchev–Trinajstić information content (AvgIpc) is 2.87. The highest BCUT2D eigenvalue weighted by Crippen LogP contribution is 2.24. The van der Waals surface area contributed by atoms with Crippen LogP contribution in [0.15, 0.2) is 24.3 Å². The number of aromatic nitrogens is 2. The predicted octanol–water partition coefficient (Wildman–Crippen LogP) is 3.52. The molecule has 13 heteroatoms. The molecule has 214 valence electrons. The smallest absolute Gasteiger partial charge is 0.422 e. The van der Waals surface area contributed by atoms with E-state index in [1.54, 1.807) is 39.8 Å². The van der Waals surface area contributed by atoms with Gasteiger partial charge in [0.1, 0.15) is 18.0 Å². The van der Waals surface area contributed by atoms with Crippen molar-refractivity contribution >= 4 is 17.6 Å². The lowest BCUT2D eigenvalue weighted by molar-refractivity contribution is -0.154. The Morgan fingerprint density at radius 2 is 1.82 bits per heavy atom. The zero-order chi connectivity index (χ0) is 28.6. The molecule has 39 heavy (non-hydrogen) atoms. The minimum Gasteiger partial charge on any atom is -0.476 e. The summed E-state index contributed by atoms with van der Waals surface area (Å²) in [5.41, 5.74) is 1.39. The molecule has 0 aromatic carbocycles. The molecule has 0 saturated carbocycles. The fraction of sp³-hybridized carbons (Fsp3) is 0.538. The third-order valence-electron chi connectivity index (χ3n) is 5.81. The van der Waals surface area contributed by atoms with E-state index in [-0.39, 0.29) is 35.8 Å². The van der Waals surface area contributed by atoms with Crippen LogP contribution in [0.2, 0.25) is 0 Å². The molecular formula is C26H34F3N5O5. The summed E-state index contributed by atoms with van der Waals surface area (Å²) in [5.74, 6) is -1.04. The van der Waals surface area contributed by atoms with Crippen LogP contribution in [0.5, 0.6) is 11.8 Å². The molecular weight excluding hydrogens is 519 g/mol. The maximum atomic E-state index is 13.2. The van der Waals surface area contributed by atoms with E-state index in [1.165, 1.54) is 12.1 Å².